The van der Waals surface area contributed by atoms with Crippen LogP contribution in [0.3, 0.4) is 0 Å². The molecule has 0 bridgehead atoms. The summed E-state index contributed by atoms with van der Waals surface area (Å²) in [5.41, 5.74) is 1.97. The lowest BCUT2D eigenvalue weighted by molar-refractivity contribution is -0.119. The van der Waals surface area contributed by atoms with Gasteiger partial charge in [-0.2, -0.15) is 0 Å². The highest BCUT2D eigenvalue weighted by atomic mass is 16.5. The van der Waals surface area contributed by atoms with Gasteiger partial charge in [0.15, 0.2) is 0 Å². The highest BCUT2D eigenvalue weighted by Gasteiger charge is 2.16. The van der Waals surface area contributed by atoms with Gasteiger partial charge in [-0.1, -0.05) is 31.5 Å². The molecular weight excluding hydrogens is 378 g/mol. The van der Waals surface area contributed by atoms with Crippen molar-refractivity contribution in [3.05, 3.63) is 77.3 Å². The van der Waals surface area contributed by atoms with Gasteiger partial charge in [-0.15, -0.1) is 0 Å². The van der Waals surface area contributed by atoms with Crippen LogP contribution in [0.15, 0.2) is 71.8 Å². The average Bonchev–Trinajstić information content (AvgIpc) is 2.77. The lowest BCUT2D eigenvalue weighted by atomic mass is 10.1. The number of carbonyl (C=O) groups excluding carboxylic acids is 1. The summed E-state index contributed by atoms with van der Waals surface area (Å²) in [7, 11) is 0. The maximum atomic E-state index is 12.9. The van der Waals surface area contributed by atoms with Gasteiger partial charge in [0.25, 0.3) is 5.56 Å². The molecule has 6 nitrogen and oxygen atoms in total. The van der Waals surface area contributed by atoms with E-state index in [9.17, 15) is 9.59 Å². The normalized spacial score (nSPS) is 10.6. The van der Waals surface area contributed by atoms with Crippen molar-refractivity contribution in [3.8, 4) is 17.0 Å². The number of rotatable bonds is 9. The van der Waals surface area contributed by atoms with Crippen LogP contribution in [-0.4, -0.2) is 28.6 Å². The molecule has 0 fully saturated rings. The number of carbonyl (C=O) groups is 1. The second-order valence-electron chi connectivity index (χ2n) is 6.93. The number of benzene rings is 2. The molecule has 0 aliphatic rings. The standard InChI is InChI=1S/C24H27N3O3/c1-3-5-15-27(20-9-7-6-8-10-20)24(29)17-26-18-25-22(16-23(26)28)19-11-13-21(14-12-19)30-4-2/h6-14,16,18H,3-5,15,17H2,1-2H3. The van der Waals surface area contributed by atoms with Gasteiger partial charge in [0.1, 0.15) is 12.3 Å². The SMILES string of the molecule is CCCCN(C(=O)Cn1cnc(-c2ccc(OCC)cc2)cc1=O)c1ccccc1. The summed E-state index contributed by atoms with van der Waals surface area (Å²) in [5.74, 6) is 0.639. The van der Waals surface area contributed by atoms with Crippen molar-refractivity contribution in [1.29, 1.82) is 0 Å². The maximum Gasteiger partial charge on any atom is 0.254 e. The summed E-state index contributed by atoms with van der Waals surface area (Å²) in [6.07, 6.45) is 3.31. The molecule has 0 N–H and O–H groups in total. The Bertz CT molecular complexity index is 1010. The van der Waals surface area contributed by atoms with Gasteiger partial charge in [0.2, 0.25) is 5.91 Å². The Morgan fingerprint density at radius 1 is 1.07 bits per heavy atom. The second-order valence-corrected chi connectivity index (χ2v) is 6.93. The van der Waals surface area contributed by atoms with Crippen molar-refractivity contribution in [2.75, 3.05) is 18.1 Å². The fraction of sp³-hybridized carbons (Fsp3) is 0.292. The molecule has 2 aromatic carbocycles. The molecule has 0 saturated carbocycles. The first-order valence-electron chi connectivity index (χ1n) is 10.3. The number of nitrogens with zero attached hydrogens (tertiary/aromatic N) is 3. The smallest absolute Gasteiger partial charge is 0.254 e. The van der Waals surface area contributed by atoms with E-state index in [1.54, 1.807) is 4.90 Å². The molecule has 0 atom stereocenters. The third-order valence-electron chi connectivity index (χ3n) is 4.75. The van der Waals surface area contributed by atoms with Crippen LogP contribution in [0.4, 0.5) is 5.69 Å². The first kappa shape index (κ1) is 21.3. The van der Waals surface area contributed by atoms with E-state index < -0.39 is 0 Å². The van der Waals surface area contributed by atoms with E-state index in [2.05, 4.69) is 11.9 Å². The molecule has 3 aromatic rings. The number of hydrogen-bond donors (Lipinski definition) is 0. The minimum Gasteiger partial charge on any atom is -0.494 e. The number of unbranched alkanes of at least 4 members (excludes halogenated alkanes) is 1. The summed E-state index contributed by atoms with van der Waals surface area (Å²) >= 11 is 0. The molecule has 0 aliphatic carbocycles. The fourth-order valence-corrected chi connectivity index (χ4v) is 3.14. The number of para-hydroxylation sites is 1. The highest BCUT2D eigenvalue weighted by molar-refractivity contribution is 5.93. The van der Waals surface area contributed by atoms with E-state index in [4.69, 9.17) is 4.74 Å². The number of ether oxygens (including phenoxy) is 1. The summed E-state index contributed by atoms with van der Waals surface area (Å²) in [6.45, 7) is 5.18. The first-order valence-corrected chi connectivity index (χ1v) is 10.3. The van der Waals surface area contributed by atoms with Gasteiger partial charge in [0.05, 0.1) is 18.6 Å². The van der Waals surface area contributed by atoms with Crippen molar-refractivity contribution in [3.63, 3.8) is 0 Å². The van der Waals surface area contributed by atoms with Gasteiger partial charge < -0.3 is 9.64 Å². The molecule has 1 heterocycles. The zero-order chi connectivity index (χ0) is 21.3. The van der Waals surface area contributed by atoms with Gasteiger partial charge >= 0.3 is 0 Å². The Labute approximate surface area is 176 Å². The second kappa shape index (κ2) is 10.4. The maximum absolute atomic E-state index is 12.9. The quantitative estimate of drug-likeness (QED) is 0.537. The molecule has 0 aliphatic heterocycles. The van der Waals surface area contributed by atoms with Gasteiger partial charge in [-0.3, -0.25) is 14.2 Å². The molecule has 1 amide bonds. The fourth-order valence-electron chi connectivity index (χ4n) is 3.14. The van der Waals surface area contributed by atoms with Crippen LogP contribution in [0.1, 0.15) is 26.7 Å². The number of aromatic nitrogens is 2. The number of hydrogen-bond acceptors (Lipinski definition) is 4. The molecule has 3 rings (SSSR count). The van der Waals surface area contributed by atoms with Crippen molar-refractivity contribution < 1.29 is 9.53 Å². The van der Waals surface area contributed by atoms with Crippen LogP contribution < -0.4 is 15.2 Å². The first-order chi connectivity index (χ1) is 14.6. The summed E-state index contributed by atoms with van der Waals surface area (Å²) < 4.78 is 6.79. The van der Waals surface area contributed by atoms with Crippen molar-refractivity contribution in [1.82, 2.24) is 9.55 Å². The molecule has 156 valence electrons. The minimum atomic E-state index is -0.259. The molecular formula is C24H27N3O3. The van der Waals surface area contributed by atoms with E-state index in [0.29, 0.717) is 18.8 Å². The van der Waals surface area contributed by atoms with E-state index in [0.717, 1.165) is 29.8 Å². The largest absolute Gasteiger partial charge is 0.494 e. The topological polar surface area (TPSA) is 64.4 Å². The number of amides is 1. The Balaban J connectivity index is 1.77. The Kier molecular flexibility index (Phi) is 7.38. The lowest BCUT2D eigenvalue weighted by Gasteiger charge is -2.23. The Hall–Kier alpha value is -3.41. The molecule has 0 radical (unpaired) electrons. The monoisotopic (exact) mass is 405 g/mol. The molecule has 6 heteroatoms. The zero-order valence-corrected chi connectivity index (χ0v) is 17.5. The predicted molar refractivity (Wildman–Crippen MR) is 119 cm³/mol. The molecule has 1 aromatic heterocycles. The molecule has 0 unspecified atom stereocenters. The third kappa shape index (κ3) is 5.35. The van der Waals surface area contributed by atoms with E-state index in [-0.39, 0.29) is 18.0 Å². The van der Waals surface area contributed by atoms with E-state index >= 15 is 0 Å². The summed E-state index contributed by atoms with van der Waals surface area (Å²) in [5, 5.41) is 0. The summed E-state index contributed by atoms with van der Waals surface area (Å²) in [4.78, 5) is 31.7. The van der Waals surface area contributed by atoms with E-state index in [1.165, 1.54) is 17.0 Å². The molecule has 0 spiro atoms. The van der Waals surface area contributed by atoms with Crippen LogP contribution in [0.25, 0.3) is 11.3 Å². The highest BCUT2D eigenvalue weighted by Crippen LogP contribution is 2.20. The van der Waals surface area contributed by atoms with Gasteiger partial charge in [0, 0.05) is 23.9 Å². The molecule has 30 heavy (non-hydrogen) atoms. The Morgan fingerprint density at radius 2 is 1.80 bits per heavy atom. The van der Waals surface area contributed by atoms with Crippen molar-refractivity contribution in [2.45, 2.75) is 33.2 Å². The zero-order valence-electron chi connectivity index (χ0n) is 17.5. The molecule has 0 saturated heterocycles. The number of anilines is 1. The van der Waals surface area contributed by atoms with Crippen LogP contribution in [0.2, 0.25) is 0 Å². The average molecular weight is 405 g/mol. The van der Waals surface area contributed by atoms with Crippen LogP contribution >= 0.6 is 0 Å². The van der Waals surface area contributed by atoms with Crippen molar-refractivity contribution in [2.24, 2.45) is 0 Å². The Morgan fingerprint density at radius 3 is 2.43 bits per heavy atom. The van der Waals surface area contributed by atoms with Crippen LogP contribution in [0, 0.1) is 0 Å². The van der Waals surface area contributed by atoms with E-state index in [1.807, 2.05) is 61.5 Å². The van der Waals surface area contributed by atoms with Gasteiger partial charge in [-0.05, 0) is 49.7 Å². The third-order valence-corrected chi connectivity index (χ3v) is 4.75. The van der Waals surface area contributed by atoms with Crippen molar-refractivity contribution >= 4 is 11.6 Å². The summed E-state index contributed by atoms with van der Waals surface area (Å²) in [6, 6.07) is 18.4. The van der Waals surface area contributed by atoms with Crippen LogP contribution in [-0.2, 0) is 11.3 Å². The van der Waals surface area contributed by atoms with Crippen LogP contribution in [0.5, 0.6) is 5.75 Å². The predicted octanol–water partition coefficient (Wildman–Crippen LogP) is 4.14. The van der Waals surface area contributed by atoms with Gasteiger partial charge in [-0.25, -0.2) is 4.98 Å². The minimum absolute atomic E-state index is 0.0476. The lowest BCUT2D eigenvalue weighted by Crippen LogP contribution is -2.37.